The molecule has 0 unspecified atom stereocenters. The number of urea groups is 1. The standard InChI is InChI=1S/C23H32ClN5O2/c1-3-18-12-22(28(2)27-18)26-23(30)25-21-7-5-4-6-16(21)13-29-14-20(15-29)31-19-10-8-17(24)9-11-19/h8-12,16,20-21H,3-7,13-15H2,1-2H3,(H2,25,26,30)/t16-,21-/m1/s1. The van der Waals surface area contributed by atoms with E-state index in [9.17, 15) is 4.79 Å². The van der Waals surface area contributed by atoms with Gasteiger partial charge in [0, 0.05) is 43.8 Å². The summed E-state index contributed by atoms with van der Waals surface area (Å²) < 4.78 is 7.74. The van der Waals surface area contributed by atoms with Crippen molar-refractivity contribution in [2.24, 2.45) is 13.0 Å². The first-order valence-electron chi connectivity index (χ1n) is 11.2. The first-order chi connectivity index (χ1) is 15.0. The molecule has 0 bridgehead atoms. The third-order valence-corrected chi connectivity index (χ3v) is 6.54. The van der Waals surface area contributed by atoms with Crippen molar-refractivity contribution in [2.45, 2.75) is 51.2 Å². The molecule has 31 heavy (non-hydrogen) atoms. The van der Waals surface area contributed by atoms with Gasteiger partial charge in [0.1, 0.15) is 17.7 Å². The number of likely N-dealkylation sites (tertiary alicyclic amines) is 1. The SMILES string of the molecule is CCc1cc(NC(=O)N[C@@H]2CCCC[C@@H]2CN2CC(Oc3ccc(Cl)cc3)C2)n(C)n1. The van der Waals surface area contributed by atoms with Crippen molar-refractivity contribution >= 4 is 23.4 Å². The van der Waals surface area contributed by atoms with Gasteiger partial charge in [0.15, 0.2) is 0 Å². The summed E-state index contributed by atoms with van der Waals surface area (Å²) in [6.45, 7) is 4.90. The van der Waals surface area contributed by atoms with E-state index >= 15 is 0 Å². The Morgan fingerprint density at radius 1 is 1.23 bits per heavy atom. The van der Waals surface area contributed by atoms with Gasteiger partial charge in [-0.25, -0.2) is 4.79 Å². The lowest BCUT2D eigenvalue weighted by Crippen LogP contribution is -2.57. The van der Waals surface area contributed by atoms with Crippen LogP contribution in [0.4, 0.5) is 10.6 Å². The molecule has 8 heteroatoms. The quantitative estimate of drug-likeness (QED) is 0.673. The van der Waals surface area contributed by atoms with E-state index in [0.717, 1.165) is 67.6 Å². The molecule has 2 aliphatic rings. The predicted octanol–water partition coefficient (Wildman–Crippen LogP) is 4.08. The van der Waals surface area contributed by atoms with Crippen molar-refractivity contribution in [3.63, 3.8) is 0 Å². The van der Waals surface area contributed by atoms with Crippen LogP contribution in [0.1, 0.15) is 38.3 Å². The van der Waals surface area contributed by atoms with Crippen molar-refractivity contribution in [2.75, 3.05) is 25.0 Å². The number of nitrogens with zero attached hydrogens (tertiary/aromatic N) is 3. The Labute approximate surface area is 189 Å². The number of benzene rings is 1. The van der Waals surface area contributed by atoms with Gasteiger partial charge in [0.25, 0.3) is 0 Å². The van der Waals surface area contributed by atoms with E-state index in [1.807, 2.05) is 37.4 Å². The summed E-state index contributed by atoms with van der Waals surface area (Å²) in [6, 6.07) is 9.52. The topological polar surface area (TPSA) is 71.4 Å². The van der Waals surface area contributed by atoms with Crippen LogP contribution in [0.5, 0.6) is 5.75 Å². The Morgan fingerprint density at radius 2 is 1.97 bits per heavy atom. The number of carbonyl (C=O) groups is 1. The molecular formula is C23H32ClN5O2. The Balaban J connectivity index is 1.24. The fourth-order valence-electron chi connectivity index (χ4n) is 4.54. The van der Waals surface area contributed by atoms with E-state index in [0.29, 0.717) is 5.92 Å². The predicted molar refractivity (Wildman–Crippen MR) is 123 cm³/mol. The van der Waals surface area contributed by atoms with Gasteiger partial charge in [-0.15, -0.1) is 0 Å². The third kappa shape index (κ3) is 5.71. The molecule has 1 saturated heterocycles. The van der Waals surface area contributed by atoms with Gasteiger partial charge in [-0.1, -0.05) is 31.4 Å². The average Bonchev–Trinajstić information content (AvgIpc) is 3.08. The van der Waals surface area contributed by atoms with Gasteiger partial charge >= 0.3 is 6.03 Å². The Hall–Kier alpha value is -2.25. The first kappa shape index (κ1) is 22.0. The minimum atomic E-state index is -0.143. The summed E-state index contributed by atoms with van der Waals surface area (Å²) in [5, 5.41) is 11.3. The number of rotatable bonds is 7. The molecule has 4 rings (SSSR count). The molecule has 2 amide bonds. The van der Waals surface area contributed by atoms with Crippen LogP contribution in [0.25, 0.3) is 0 Å². The molecule has 2 atom stereocenters. The molecule has 1 saturated carbocycles. The summed E-state index contributed by atoms with van der Waals surface area (Å²) in [7, 11) is 1.85. The van der Waals surface area contributed by atoms with Gasteiger partial charge in [0.05, 0.1) is 5.69 Å². The second-order valence-electron chi connectivity index (χ2n) is 8.66. The van der Waals surface area contributed by atoms with E-state index in [1.165, 1.54) is 6.42 Å². The van der Waals surface area contributed by atoms with E-state index in [4.69, 9.17) is 16.3 Å². The van der Waals surface area contributed by atoms with Crippen molar-refractivity contribution in [3.8, 4) is 5.75 Å². The molecule has 1 aliphatic carbocycles. The molecule has 1 aromatic heterocycles. The highest BCUT2D eigenvalue weighted by Gasteiger charge is 2.34. The molecule has 2 fully saturated rings. The Bertz CT molecular complexity index is 879. The fraction of sp³-hybridized carbons (Fsp3) is 0.565. The zero-order valence-electron chi connectivity index (χ0n) is 18.3. The highest BCUT2D eigenvalue weighted by atomic mass is 35.5. The largest absolute Gasteiger partial charge is 0.488 e. The molecule has 1 aliphatic heterocycles. The summed E-state index contributed by atoms with van der Waals surface area (Å²) >= 11 is 5.94. The van der Waals surface area contributed by atoms with Crippen LogP contribution in [0, 0.1) is 5.92 Å². The van der Waals surface area contributed by atoms with Crippen LogP contribution in [0.3, 0.4) is 0 Å². The van der Waals surface area contributed by atoms with E-state index in [2.05, 4.69) is 27.6 Å². The lowest BCUT2D eigenvalue weighted by Gasteiger charge is -2.43. The lowest BCUT2D eigenvalue weighted by molar-refractivity contribution is 0.00323. The maximum Gasteiger partial charge on any atom is 0.320 e. The number of halogens is 1. The molecule has 0 radical (unpaired) electrons. The lowest BCUT2D eigenvalue weighted by atomic mass is 9.83. The maximum atomic E-state index is 12.6. The van der Waals surface area contributed by atoms with Crippen LogP contribution in [0.15, 0.2) is 30.3 Å². The molecular weight excluding hydrogens is 414 g/mol. The van der Waals surface area contributed by atoms with Crippen LogP contribution in [0.2, 0.25) is 5.02 Å². The second kappa shape index (κ2) is 9.92. The smallest absolute Gasteiger partial charge is 0.320 e. The molecule has 2 heterocycles. The van der Waals surface area contributed by atoms with Crippen molar-refractivity contribution in [3.05, 3.63) is 41.0 Å². The molecule has 7 nitrogen and oxygen atoms in total. The molecule has 2 aromatic rings. The summed E-state index contributed by atoms with van der Waals surface area (Å²) in [4.78, 5) is 15.0. The molecule has 2 N–H and O–H groups in total. The average molecular weight is 446 g/mol. The van der Waals surface area contributed by atoms with Gasteiger partial charge in [-0.05, 0) is 49.4 Å². The minimum absolute atomic E-state index is 0.143. The van der Waals surface area contributed by atoms with Crippen LogP contribution in [-0.4, -0.2) is 52.5 Å². The number of hydrogen-bond acceptors (Lipinski definition) is 4. The summed E-state index contributed by atoms with van der Waals surface area (Å²) in [5.41, 5.74) is 0.974. The van der Waals surface area contributed by atoms with Crippen LogP contribution < -0.4 is 15.4 Å². The van der Waals surface area contributed by atoms with Gasteiger partial charge in [-0.2, -0.15) is 5.10 Å². The van der Waals surface area contributed by atoms with Gasteiger partial charge in [-0.3, -0.25) is 14.9 Å². The fourth-order valence-corrected chi connectivity index (χ4v) is 4.66. The van der Waals surface area contributed by atoms with Crippen LogP contribution >= 0.6 is 11.6 Å². The molecule has 168 valence electrons. The van der Waals surface area contributed by atoms with Crippen molar-refractivity contribution in [1.29, 1.82) is 0 Å². The zero-order chi connectivity index (χ0) is 21.8. The number of nitrogens with one attached hydrogen (secondary N) is 2. The van der Waals surface area contributed by atoms with Gasteiger partial charge < -0.3 is 10.1 Å². The zero-order valence-corrected chi connectivity index (χ0v) is 19.1. The summed E-state index contributed by atoms with van der Waals surface area (Å²) in [6.07, 6.45) is 5.63. The number of ether oxygens (including phenoxy) is 1. The van der Waals surface area contributed by atoms with Crippen molar-refractivity contribution in [1.82, 2.24) is 20.0 Å². The number of aryl methyl sites for hydroxylation is 2. The Kier molecular flexibility index (Phi) is 7.02. The van der Waals surface area contributed by atoms with E-state index in [1.54, 1.807) is 4.68 Å². The maximum absolute atomic E-state index is 12.6. The first-order valence-corrected chi connectivity index (χ1v) is 11.6. The molecule has 1 aromatic carbocycles. The number of carbonyl (C=O) groups excluding carboxylic acids is 1. The van der Waals surface area contributed by atoms with Crippen molar-refractivity contribution < 1.29 is 9.53 Å². The summed E-state index contributed by atoms with van der Waals surface area (Å²) in [5.74, 6) is 2.06. The highest BCUT2D eigenvalue weighted by Crippen LogP contribution is 2.28. The number of aromatic nitrogens is 2. The number of hydrogen-bond donors (Lipinski definition) is 2. The van der Waals surface area contributed by atoms with Crippen LogP contribution in [-0.2, 0) is 13.5 Å². The monoisotopic (exact) mass is 445 g/mol. The highest BCUT2D eigenvalue weighted by molar-refractivity contribution is 6.30. The Morgan fingerprint density at radius 3 is 2.68 bits per heavy atom. The second-order valence-corrected chi connectivity index (χ2v) is 9.10. The third-order valence-electron chi connectivity index (χ3n) is 6.29. The van der Waals surface area contributed by atoms with E-state index < -0.39 is 0 Å². The minimum Gasteiger partial charge on any atom is -0.488 e. The molecule has 0 spiro atoms. The number of amides is 2. The van der Waals surface area contributed by atoms with E-state index in [-0.39, 0.29) is 18.2 Å². The number of anilines is 1. The normalized spacial score (nSPS) is 22.0. The van der Waals surface area contributed by atoms with Gasteiger partial charge in [0.2, 0.25) is 0 Å².